The largest absolute Gasteiger partial charge is 0.494 e. The van der Waals surface area contributed by atoms with Crippen LogP contribution in [0.15, 0.2) is 24.3 Å². The average molecular weight is 897 g/mol. The Bertz CT molecular complexity index is 1420. The van der Waals surface area contributed by atoms with Crippen LogP contribution in [0.3, 0.4) is 0 Å². The first-order valence-corrected chi connectivity index (χ1v) is 15.9. The first kappa shape index (κ1) is 52.1. The molecule has 0 spiro atoms. The molecule has 57 heavy (non-hydrogen) atoms. The van der Waals surface area contributed by atoms with Crippen molar-refractivity contribution in [1.29, 1.82) is 0 Å². The van der Waals surface area contributed by atoms with Gasteiger partial charge >= 0.3 is 71.5 Å². The zero-order chi connectivity index (χ0) is 45.2. The molecule has 0 radical (unpaired) electrons. The van der Waals surface area contributed by atoms with Gasteiger partial charge in [0.1, 0.15) is 11.5 Å². The Balaban J connectivity index is 3.29. The van der Waals surface area contributed by atoms with Gasteiger partial charge in [0.15, 0.2) is 0 Å². The molecule has 0 aromatic heterocycles. The van der Waals surface area contributed by atoms with Crippen molar-refractivity contribution >= 4 is 0 Å². The molecule has 0 unspecified atom stereocenters. The summed E-state index contributed by atoms with van der Waals surface area (Å²) in [6, 6.07) is 1.45. The Hall–Kier alpha value is -2.93. The molecule has 336 valence electrons. The smallest absolute Gasteiger partial charge is 0.471 e. The molecule has 0 aliphatic rings. The van der Waals surface area contributed by atoms with E-state index in [1.807, 2.05) is 6.92 Å². The SMILES string of the molecule is CCCCCCCCCCCCOc1ccc(OC(F)(F)C(F)(F)C(F)(F)C(F)(F)C(F)(F)C(F)(F)C(F)(F)C(F)(F)C(F)(F)C(F)(F)C(F)(F)C(F)(F)F)cc1. The highest BCUT2D eigenvalue weighted by molar-refractivity contribution is 5.32. The van der Waals surface area contributed by atoms with Gasteiger partial charge < -0.3 is 9.47 Å². The number of rotatable bonds is 24. The van der Waals surface area contributed by atoms with Crippen molar-refractivity contribution in [2.45, 2.75) is 143 Å². The molecule has 0 N–H and O–H groups in total. The fourth-order valence-corrected chi connectivity index (χ4v) is 4.53. The minimum Gasteiger partial charge on any atom is -0.494 e. The second-order valence-electron chi connectivity index (χ2n) is 12.4. The van der Waals surface area contributed by atoms with Crippen LogP contribution in [-0.4, -0.2) is 78.1 Å². The molecule has 0 fully saturated rings. The number of halogens is 25. The van der Waals surface area contributed by atoms with E-state index in [1.54, 1.807) is 0 Å². The molecule has 0 aliphatic heterocycles. The highest BCUT2D eigenvalue weighted by Crippen LogP contribution is 2.67. The van der Waals surface area contributed by atoms with E-state index < -0.39 is 77.3 Å². The van der Waals surface area contributed by atoms with E-state index in [2.05, 4.69) is 4.74 Å². The lowest BCUT2D eigenvalue weighted by atomic mass is 9.85. The summed E-state index contributed by atoms with van der Waals surface area (Å²) in [6.45, 7) is 1.99. The van der Waals surface area contributed by atoms with Crippen molar-refractivity contribution in [3.05, 3.63) is 24.3 Å². The van der Waals surface area contributed by atoms with Gasteiger partial charge in [0.2, 0.25) is 0 Å². The summed E-state index contributed by atoms with van der Waals surface area (Å²) in [4.78, 5) is 0. The lowest BCUT2D eigenvalue weighted by molar-refractivity contribution is -0.486. The Kier molecular flexibility index (Phi) is 15.5. The van der Waals surface area contributed by atoms with E-state index in [0.29, 0.717) is 25.0 Å². The molecule has 0 amide bonds. The van der Waals surface area contributed by atoms with Gasteiger partial charge in [-0.25, -0.2) is 0 Å². The summed E-state index contributed by atoms with van der Waals surface area (Å²) in [6.07, 6.45) is -6.55. The van der Waals surface area contributed by atoms with E-state index in [4.69, 9.17) is 4.74 Å². The molecule has 0 saturated carbocycles. The Morgan fingerprint density at radius 2 is 0.596 bits per heavy atom. The van der Waals surface area contributed by atoms with Gasteiger partial charge in [-0.3, -0.25) is 0 Å². The first-order valence-electron chi connectivity index (χ1n) is 15.9. The molecule has 1 rings (SSSR count). The number of unbranched alkanes of at least 4 members (excludes halogenated alkanes) is 9. The monoisotopic (exact) mass is 896 g/mol. The molecule has 2 nitrogen and oxygen atoms in total. The first-order chi connectivity index (χ1) is 25.3. The highest BCUT2D eigenvalue weighted by atomic mass is 19.4. The maximum atomic E-state index is 14.2. The third kappa shape index (κ3) is 8.99. The van der Waals surface area contributed by atoms with E-state index in [9.17, 15) is 110 Å². The summed E-state index contributed by atoms with van der Waals surface area (Å²) < 4.78 is 349. The minimum atomic E-state index is -9.64. The molecule has 27 heteroatoms. The van der Waals surface area contributed by atoms with Crippen LogP contribution < -0.4 is 9.47 Å². The summed E-state index contributed by atoms with van der Waals surface area (Å²) in [7, 11) is 0. The van der Waals surface area contributed by atoms with Crippen molar-refractivity contribution in [2.75, 3.05) is 6.61 Å². The molecular formula is C30H29F25O2. The van der Waals surface area contributed by atoms with Gasteiger partial charge in [0.05, 0.1) is 6.61 Å². The van der Waals surface area contributed by atoms with Crippen LogP contribution in [0.2, 0.25) is 0 Å². The summed E-state index contributed by atoms with van der Waals surface area (Å²) in [5.74, 6) is -94.2. The van der Waals surface area contributed by atoms with Crippen LogP contribution in [-0.2, 0) is 0 Å². The van der Waals surface area contributed by atoms with Gasteiger partial charge in [0, 0.05) is 0 Å². The van der Waals surface area contributed by atoms with Crippen LogP contribution >= 0.6 is 0 Å². The normalized spacial score (nSPS) is 15.3. The second kappa shape index (κ2) is 17.0. The van der Waals surface area contributed by atoms with Crippen molar-refractivity contribution in [3.8, 4) is 11.5 Å². The number of benzene rings is 1. The van der Waals surface area contributed by atoms with Crippen LogP contribution in [0.5, 0.6) is 11.5 Å². The van der Waals surface area contributed by atoms with Crippen LogP contribution in [0.4, 0.5) is 110 Å². The van der Waals surface area contributed by atoms with E-state index in [0.717, 1.165) is 51.4 Å². The lowest BCUT2D eigenvalue weighted by Gasteiger charge is -2.45. The molecule has 1 aromatic carbocycles. The zero-order valence-corrected chi connectivity index (χ0v) is 28.4. The zero-order valence-electron chi connectivity index (χ0n) is 28.4. The number of ether oxygens (including phenoxy) is 2. The fourth-order valence-electron chi connectivity index (χ4n) is 4.53. The Labute approximate surface area is 305 Å². The Morgan fingerprint density at radius 3 is 0.912 bits per heavy atom. The van der Waals surface area contributed by atoms with Crippen molar-refractivity contribution in [1.82, 2.24) is 0 Å². The molecule has 0 aliphatic carbocycles. The topological polar surface area (TPSA) is 18.5 Å². The van der Waals surface area contributed by atoms with Gasteiger partial charge in [-0.15, -0.1) is 0 Å². The molecule has 1 aromatic rings. The quantitative estimate of drug-likeness (QED) is 0.0760. The molecule has 0 saturated heterocycles. The third-order valence-electron chi connectivity index (χ3n) is 8.11. The summed E-state index contributed by atoms with van der Waals surface area (Å²) in [5, 5.41) is 0. The van der Waals surface area contributed by atoms with Gasteiger partial charge in [0.25, 0.3) is 0 Å². The maximum Gasteiger partial charge on any atom is 0.471 e. The van der Waals surface area contributed by atoms with Gasteiger partial charge in [-0.2, -0.15) is 110 Å². The number of alkyl halides is 25. The fraction of sp³-hybridized carbons (Fsp3) is 0.800. The minimum absolute atomic E-state index is 0.0594. The number of hydrogen-bond acceptors (Lipinski definition) is 2. The van der Waals surface area contributed by atoms with Crippen molar-refractivity contribution in [3.63, 3.8) is 0 Å². The lowest BCUT2D eigenvalue weighted by Crippen LogP contribution is -2.78. The van der Waals surface area contributed by atoms with E-state index in [-0.39, 0.29) is 24.5 Å². The summed E-state index contributed by atoms with van der Waals surface area (Å²) in [5.41, 5.74) is 0. The van der Waals surface area contributed by atoms with Crippen LogP contribution in [0.25, 0.3) is 0 Å². The molecular weight excluding hydrogens is 867 g/mol. The van der Waals surface area contributed by atoms with E-state index >= 15 is 0 Å². The van der Waals surface area contributed by atoms with Crippen molar-refractivity contribution < 1.29 is 119 Å². The van der Waals surface area contributed by atoms with Gasteiger partial charge in [-0.1, -0.05) is 64.7 Å². The average Bonchev–Trinajstić information content (AvgIpc) is 3.06. The molecule has 0 heterocycles. The maximum absolute atomic E-state index is 14.2. The van der Waals surface area contributed by atoms with Gasteiger partial charge in [-0.05, 0) is 30.7 Å². The second-order valence-corrected chi connectivity index (χ2v) is 12.4. The van der Waals surface area contributed by atoms with Crippen LogP contribution in [0, 0.1) is 0 Å². The third-order valence-corrected chi connectivity index (χ3v) is 8.11. The standard InChI is InChI=1S/C30H29F25O2/c1-2-3-4-5-6-7-8-9-10-11-16-56-17-12-14-18(15-13-17)57-30(54,55)28(49,50)26(45,46)24(41,42)22(37,38)20(33,34)19(31,32)21(35,36)23(39,40)25(43,44)27(47,48)29(51,52)53/h12-15H,2-11,16H2,1H3. The molecule has 0 atom stereocenters. The summed E-state index contributed by atoms with van der Waals surface area (Å²) >= 11 is 0. The highest BCUT2D eigenvalue weighted by Gasteiger charge is 2.99. The Morgan fingerprint density at radius 1 is 0.333 bits per heavy atom. The van der Waals surface area contributed by atoms with Crippen LogP contribution in [0.1, 0.15) is 71.1 Å². The molecule has 0 bridgehead atoms. The van der Waals surface area contributed by atoms with Crippen molar-refractivity contribution in [2.24, 2.45) is 0 Å². The van der Waals surface area contributed by atoms with E-state index in [1.165, 1.54) is 0 Å². The predicted molar refractivity (Wildman–Crippen MR) is 145 cm³/mol. The number of hydrogen-bond donors (Lipinski definition) is 0. The predicted octanol–water partition coefficient (Wildman–Crippen LogP) is 13.9.